The van der Waals surface area contributed by atoms with E-state index in [4.69, 9.17) is 21.6 Å². The molecule has 0 saturated carbocycles. The van der Waals surface area contributed by atoms with Crippen LogP contribution in [0.4, 0.5) is 0 Å². The van der Waals surface area contributed by atoms with Crippen LogP contribution in [0.2, 0.25) is 5.02 Å². The molecule has 1 aromatic rings. The number of rotatable bonds is 3. The second kappa shape index (κ2) is 5.23. The molecular weight excluding hydrogens is 216 g/mol. The first kappa shape index (κ1) is 11.3. The molecule has 0 aliphatic heterocycles. The molecule has 0 unspecified atom stereocenters. The standard InChI is InChI=1S/C10H9ClN2O2/c1-7-2-3-9(8(11)4-7)15-5-10(14)13-6-12/h2-4H,5H2,1H3,(H,13,14). The largest absolute Gasteiger partial charge is 0.482 e. The van der Waals surface area contributed by atoms with Gasteiger partial charge in [0, 0.05) is 0 Å². The van der Waals surface area contributed by atoms with Gasteiger partial charge < -0.3 is 4.74 Å². The molecule has 1 N–H and O–H groups in total. The smallest absolute Gasteiger partial charge is 0.270 e. The first-order chi connectivity index (χ1) is 7.13. The number of nitrogens with one attached hydrogen (secondary N) is 1. The van der Waals surface area contributed by atoms with Crippen molar-refractivity contribution in [3.63, 3.8) is 0 Å². The Morgan fingerprint density at radius 2 is 2.40 bits per heavy atom. The Bertz CT molecular complexity index is 412. The first-order valence-electron chi connectivity index (χ1n) is 4.20. The van der Waals surface area contributed by atoms with Crippen molar-refractivity contribution in [3.8, 4) is 11.9 Å². The molecule has 0 bridgehead atoms. The quantitative estimate of drug-likeness (QED) is 0.627. The fourth-order valence-corrected chi connectivity index (χ4v) is 1.25. The Morgan fingerprint density at radius 1 is 1.67 bits per heavy atom. The zero-order valence-corrected chi connectivity index (χ0v) is 8.84. The van der Waals surface area contributed by atoms with Gasteiger partial charge in [0.25, 0.3) is 5.91 Å². The maximum absolute atomic E-state index is 10.9. The van der Waals surface area contributed by atoms with Crippen molar-refractivity contribution in [1.29, 1.82) is 5.26 Å². The summed E-state index contributed by atoms with van der Waals surface area (Å²) in [4.78, 5) is 10.9. The van der Waals surface area contributed by atoms with Crippen molar-refractivity contribution in [3.05, 3.63) is 28.8 Å². The van der Waals surface area contributed by atoms with Gasteiger partial charge in [-0.1, -0.05) is 17.7 Å². The maximum Gasteiger partial charge on any atom is 0.270 e. The molecule has 0 aromatic heterocycles. The Morgan fingerprint density at radius 3 is 3.00 bits per heavy atom. The Kier molecular flexibility index (Phi) is 3.95. The summed E-state index contributed by atoms with van der Waals surface area (Å²) >= 11 is 5.87. The number of halogens is 1. The maximum atomic E-state index is 10.9. The van der Waals surface area contributed by atoms with Crippen molar-refractivity contribution in [2.24, 2.45) is 0 Å². The molecule has 5 heteroatoms. The van der Waals surface area contributed by atoms with Gasteiger partial charge in [-0.2, -0.15) is 5.26 Å². The van der Waals surface area contributed by atoms with Crippen molar-refractivity contribution in [1.82, 2.24) is 5.32 Å². The summed E-state index contributed by atoms with van der Waals surface area (Å²) < 4.78 is 5.11. The van der Waals surface area contributed by atoms with Gasteiger partial charge in [0.05, 0.1) is 5.02 Å². The SMILES string of the molecule is Cc1ccc(OCC(=O)NC#N)c(Cl)c1. The van der Waals surface area contributed by atoms with Crippen LogP contribution < -0.4 is 10.1 Å². The summed E-state index contributed by atoms with van der Waals surface area (Å²) in [5.41, 5.74) is 1.01. The lowest BCUT2D eigenvalue weighted by atomic mass is 10.2. The lowest BCUT2D eigenvalue weighted by Gasteiger charge is -2.06. The van der Waals surface area contributed by atoms with Crippen molar-refractivity contribution < 1.29 is 9.53 Å². The highest BCUT2D eigenvalue weighted by atomic mass is 35.5. The summed E-state index contributed by atoms with van der Waals surface area (Å²) in [7, 11) is 0. The lowest BCUT2D eigenvalue weighted by molar-refractivity contribution is -0.121. The van der Waals surface area contributed by atoms with E-state index in [0.717, 1.165) is 5.56 Å². The zero-order chi connectivity index (χ0) is 11.3. The van der Waals surface area contributed by atoms with E-state index < -0.39 is 5.91 Å². The normalized spacial score (nSPS) is 9.13. The first-order valence-corrected chi connectivity index (χ1v) is 4.58. The Hall–Kier alpha value is -1.73. The number of aryl methyl sites for hydroxylation is 1. The van der Waals surface area contributed by atoms with Crippen LogP contribution in [-0.2, 0) is 4.79 Å². The third-order valence-electron chi connectivity index (χ3n) is 1.64. The van der Waals surface area contributed by atoms with Crippen LogP contribution in [0.25, 0.3) is 0 Å². The van der Waals surface area contributed by atoms with Gasteiger partial charge in [-0.15, -0.1) is 0 Å². The average molecular weight is 225 g/mol. The number of hydrogen-bond acceptors (Lipinski definition) is 3. The number of amides is 1. The Labute approximate surface area is 92.4 Å². The molecule has 0 fully saturated rings. The summed E-state index contributed by atoms with van der Waals surface area (Å²) in [6.45, 7) is 1.67. The molecule has 0 saturated heterocycles. The van der Waals surface area contributed by atoms with Crippen LogP contribution in [0.15, 0.2) is 18.2 Å². The van der Waals surface area contributed by atoms with Gasteiger partial charge in [-0.25, -0.2) is 0 Å². The molecule has 0 atom stereocenters. The molecule has 0 spiro atoms. The minimum atomic E-state index is -0.505. The van der Waals surface area contributed by atoms with Gasteiger partial charge in [0.15, 0.2) is 12.8 Å². The van der Waals surface area contributed by atoms with Gasteiger partial charge in [0.1, 0.15) is 5.75 Å². The molecule has 0 aliphatic rings. The van der Waals surface area contributed by atoms with Crippen molar-refractivity contribution in [2.75, 3.05) is 6.61 Å². The number of carbonyl (C=O) groups is 1. The molecule has 4 nitrogen and oxygen atoms in total. The second-order valence-electron chi connectivity index (χ2n) is 2.88. The zero-order valence-electron chi connectivity index (χ0n) is 8.08. The molecule has 1 aromatic carbocycles. The fourth-order valence-electron chi connectivity index (χ4n) is 0.965. The third kappa shape index (κ3) is 3.49. The predicted molar refractivity (Wildman–Crippen MR) is 55.4 cm³/mol. The number of nitriles is 1. The van der Waals surface area contributed by atoms with Crippen LogP contribution in [0.5, 0.6) is 5.75 Å². The van der Waals surface area contributed by atoms with Crippen molar-refractivity contribution in [2.45, 2.75) is 6.92 Å². The van der Waals surface area contributed by atoms with E-state index in [1.54, 1.807) is 12.1 Å². The number of benzene rings is 1. The highest BCUT2D eigenvalue weighted by molar-refractivity contribution is 6.32. The summed E-state index contributed by atoms with van der Waals surface area (Å²) in [5.74, 6) is -0.0792. The highest BCUT2D eigenvalue weighted by Gasteiger charge is 2.04. The van der Waals surface area contributed by atoms with Crippen LogP contribution in [-0.4, -0.2) is 12.5 Å². The van der Waals surface area contributed by atoms with Crippen LogP contribution in [0.3, 0.4) is 0 Å². The van der Waals surface area contributed by atoms with Gasteiger partial charge in [-0.05, 0) is 24.6 Å². The Balaban J connectivity index is 2.59. The van der Waals surface area contributed by atoms with Crippen LogP contribution in [0.1, 0.15) is 5.56 Å². The van der Waals surface area contributed by atoms with E-state index in [0.29, 0.717) is 10.8 Å². The molecular formula is C10H9ClN2O2. The topological polar surface area (TPSA) is 62.1 Å². The average Bonchev–Trinajstić information content (AvgIpc) is 2.17. The third-order valence-corrected chi connectivity index (χ3v) is 1.94. The van der Waals surface area contributed by atoms with E-state index >= 15 is 0 Å². The van der Waals surface area contributed by atoms with Crippen LogP contribution >= 0.6 is 11.6 Å². The molecule has 15 heavy (non-hydrogen) atoms. The molecule has 0 heterocycles. The van der Waals surface area contributed by atoms with Gasteiger partial charge in [0.2, 0.25) is 0 Å². The van der Waals surface area contributed by atoms with Gasteiger partial charge >= 0.3 is 0 Å². The molecule has 1 amide bonds. The molecule has 1 rings (SSSR count). The monoisotopic (exact) mass is 224 g/mol. The number of nitrogens with zero attached hydrogens (tertiary/aromatic N) is 1. The number of hydrogen-bond donors (Lipinski definition) is 1. The molecule has 0 radical (unpaired) electrons. The number of ether oxygens (including phenoxy) is 1. The number of carbonyl (C=O) groups excluding carboxylic acids is 1. The van der Waals surface area contributed by atoms with Crippen molar-refractivity contribution >= 4 is 17.5 Å². The van der Waals surface area contributed by atoms with E-state index in [1.807, 2.05) is 18.3 Å². The predicted octanol–water partition coefficient (Wildman–Crippen LogP) is 1.62. The van der Waals surface area contributed by atoms with E-state index in [1.165, 1.54) is 6.19 Å². The minimum absolute atomic E-state index is 0.226. The fraction of sp³-hybridized carbons (Fsp3) is 0.200. The van der Waals surface area contributed by atoms with Gasteiger partial charge in [-0.3, -0.25) is 10.1 Å². The van der Waals surface area contributed by atoms with Crippen LogP contribution in [0, 0.1) is 18.4 Å². The summed E-state index contributed by atoms with van der Waals surface area (Å²) in [6, 6.07) is 5.24. The minimum Gasteiger partial charge on any atom is -0.482 e. The summed E-state index contributed by atoms with van der Waals surface area (Å²) in [6.07, 6.45) is 1.51. The lowest BCUT2D eigenvalue weighted by Crippen LogP contribution is -2.24. The highest BCUT2D eigenvalue weighted by Crippen LogP contribution is 2.24. The molecule has 78 valence electrons. The van der Waals surface area contributed by atoms with E-state index in [2.05, 4.69) is 0 Å². The summed E-state index contributed by atoms with van der Waals surface area (Å²) in [5, 5.41) is 10.6. The van der Waals surface area contributed by atoms with E-state index in [-0.39, 0.29) is 6.61 Å². The van der Waals surface area contributed by atoms with E-state index in [9.17, 15) is 4.79 Å². The second-order valence-corrected chi connectivity index (χ2v) is 3.29. The molecule has 0 aliphatic carbocycles.